The number of carbonyl (C=O) groups is 2. The molecule has 0 aliphatic carbocycles. The van der Waals surface area contributed by atoms with Gasteiger partial charge in [0.25, 0.3) is 0 Å². The average Bonchev–Trinajstić information content (AvgIpc) is 3.21. The Kier molecular flexibility index (Phi) is 45.0. The molecule has 0 heterocycles. The standard InChI is InChI=1S/C52H88O5/c1-3-5-7-9-11-13-15-17-19-21-22-23-24-25-26-27-28-29-30-31-33-35-37-39-41-43-45-47-52(55)57-50(48-53)49-56-51(54)46-44-42-40-38-36-34-32-20-18-16-14-12-10-8-6-4-2/h5,7,11,13,17,19,22-23,25-26,28-29,31,33,50,53H,3-4,6,8-10,12,14-16,18,20-21,24,27,30,32,34-49H2,1-2H3/b7-5-,13-11-,19-17-,23-22-,26-25-,29-28-,33-31-. The van der Waals surface area contributed by atoms with Crippen LogP contribution < -0.4 is 0 Å². The molecule has 0 amide bonds. The van der Waals surface area contributed by atoms with Gasteiger partial charge < -0.3 is 14.6 Å². The first-order valence-electron chi connectivity index (χ1n) is 23.6. The lowest BCUT2D eigenvalue weighted by Crippen LogP contribution is -2.28. The van der Waals surface area contributed by atoms with Gasteiger partial charge in [-0.15, -0.1) is 0 Å². The van der Waals surface area contributed by atoms with Crippen LogP contribution >= 0.6 is 0 Å². The zero-order valence-corrected chi connectivity index (χ0v) is 37.1. The average molecular weight is 793 g/mol. The van der Waals surface area contributed by atoms with Crippen molar-refractivity contribution in [3.8, 4) is 0 Å². The van der Waals surface area contributed by atoms with Crippen LogP contribution in [0.1, 0.15) is 213 Å². The minimum absolute atomic E-state index is 0.0759. The molecule has 5 heteroatoms. The fourth-order valence-electron chi connectivity index (χ4n) is 6.42. The van der Waals surface area contributed by atoms with Crippen molar-refractivity contribution in [2.75, 3.05) is 13.2 Å². The van der Waals surface area contributed by atoms with Crippen molar-refractivity contribution in [1.82, 2.24) is 0 Å². The Morgan fingerprint density at radius 3 is 1.14 bits per heavy atom. The van der Waals surface area contributed by atoms with E-state index in [2.05, 4.69) is 98.9 Å². The van der Waals surface area contributed by atoms with Gasteiger partial charge in [-0.1, -0.05) is 214 Å². The summed E-state index contributed by atoms with van der Waals surface area (Å²) in [7, 11) is 0. The van der Waals surface area contributed by atoms with Gasteiger partial charge in [0.15, 0.2) is 6.10 Å². The second-order valence-corrected chi connectivity index (χ2v) is 15.5. The molecule has 0 saturated carbocycles. The molecule has 0 aromatic rings. The number of carbonyl (C=O) groups excluding carboxylic acids is 2. The highest BCUT2D eigenvalue weighted by atomic mass is 16.6. The quantitative estimate of drug-likeness (QED) is 0.0379. The Bertz CT molecular complexity index is 1080. The highest BCUT2D eigenvalue weighted by Crippen LogP contribution is 2.15. The van der Waals surface area contributed by atoms with E-state index in [-0.39, 0.29) is 25.2 Å². The third kappa shape index (κ3) is 45.7. The molecule has 0 spiro atoms. The van der Waals surface area contributed by atoms with Crippen LogP contribution in [0.2, 0.25) is 0 Å². The molecule has 0 aromatic heterocycles. The van der Waals surface area contributed by atoms with E-state index in [9.17, 15) is 14.7 Å². The molecule has 0 saturated heterocycles. The summed E-state index contributed by atoms with van der Waals surface area (Å²) in [4.78, 5) is 24.4. The van der Waals surface area contributed by atoms with Gasteiger partial charge in [0.2, 0.25) is 0 Å². The zero-order valence-electron chi connectivity index (χ0n) is 37.1. The van der Waals surface area contributed by atoms with Gasteiger partial charge in [-0.05, 0) is 70.6 Å². The van der Waals surface area contributed by atoms with E-state index in [0.29, 0.717) is 12.8 Å². The van der Waals surface area contributed by atoms with Gasteiger partial charge >= 0.3 is 11.9 Å². The molecule has 5 nitrogen and oxygen atoms in total. The van der Waals surface area contributed by atoms with Gasteiger partial charge in [-0.2, -0.15) is 0 Å². The van der Waals surface area contributed by atoms with Crippen LogP contribution in [0, 0.1) is 0 Å². The summed E-state index contributed by atoms with van der Waals surface area (Å²) < 4.78 is 10.6. The second kappa shape index (κ2) is 47.5. The largest absolute Gasteiger partial charge is 0.462 e. The fraction of sp³-hybridized carbons (Fsp3) is 0.692. The molecular weight excluding hydrogens is 705 g/mol. The van der Waals surface area contributed by atoms with Gasteiger partial charge in [0.1, 0.15) is 6.61 Å². The number of aliphatic hydroxyl groups is 1. The Morgan fingerprint density at radius 2 is 0.754 bits per heavy atom. The number of ether oxygens (including phenoxy) is 2. The van der Waals surface area contributed by atoms with Crippen molar-refractivity contribution in [2.24, 2.45) is 0 Å². The van der Waals surface area contributed by atoms with E-state index in [0.717, 1.165) is 103 Å². The van der Waals surface area contributed by atoms with E-state index in [1.165, 1.54) is 83.5 Å². The minimum Gasteiger partial charge on any atom is -0.462 e. The Hall–Kier alpha value is -2.92. The van der Waals surface area contributed by atoms with Crippen molar-refractivity contribution in [3.05, 3.63) is 85.1 Å². The van der Waals surface area contributed by atoms with Crippen LogP contribution in [0.3, 0.4) is 0 Å². The lowest BCUT2D eigenvalue weighted by Gasteiger charge is -2.15. The number of hydrogen-bond acceptors (Lipinski definition) is 5. The zero-order chi connectivity index (χ0) is 41.4. The third-order valence-electron chi connectivity index (χ3n) is 9.95. The summed E-state index contributed by atoms with van der Waals surface area (Å²) in [6.45, 7) is 4.01. The normalized spacial score (nSPS) is 13.0. The van der Waals surface area contributed by atoms with Crippen molar-refractivity contribution in [1.29, 1.82) is 0 Å². The monoisotopic (exact) mass is 793 g/mol. The molecule has 0 radical (unpaired) electrons. The maximum absolute atomic E-state index is 12.2. The van der Waals surface area contributed by atoms with E-state index in [1.807, 2.05) is 0 Å². The number of hydrogen-bond donors (Lipinski definition) is 1. The van der Waals surface area contributed by atoms with E-state index < -0.39 is 6.10 Å². The van der Waals surface area contributed by atoms with Crippen LogP contribution in [0.5, 0.6) is 0 Å². The van der Waals surface area contributed by atoms with Crippen molar-refractivity contribution >= 4 is 11.9 Å². The maximum atomic E-state index is 12.2. The summed E-state index contributed by atoms with van der Waals surface area (Å²) in [5, 5.41) is 9.60. The van der Waals surface area contributed by atoms with Crippen molar-refractivity contribution in [3.63, 3.8) is 0 Å². The Balaban J connectivity index is 3.61. The first-order chi connectivity index (χ1) is 28.1. The summed E-state index contributed by atoms with van der Waals surface area (Å²) >= 11 is 0. The van der Waals surface area contributed by atoms with Crippen LogP contribution in [-0.4, -0.2) is 36.4 Å². The predicted octanol–water partition coefficient (Wildman–Crippen LogP) is 15.5. The van der Waals surface area contributed by atoms with Crippen LogP contribution in [0.25, 0.3) is 0 Å². The molecule has 0 aromatic carbocycles. The highest BCUT2D eigenvalue weighted by Gasteiger charge is 2.16. The summed E-state index contributed by atoms with van der Waals surface area (Å²) in [6.07, 6.45) is 65.1. The molecule has 0 aliphatic rings. The van der Waals surface area contributed by atoms with Crippen LogP contribution in [-0.2, 0) is 19.1 Å². The molecule has 0 aliphatic heterocycles. The number of allylic oxidation sites excluding steroid dienone is 14. The smallest absolute Gasteiger partial charge is 0.306 e. The topological polar surface area (TPSA) is 72.8 Å². The van der Waals surface area contributed by atoms with Crippen LogP contribution in [0.4, 0.5) is 0 Å². The number of aliphatic hydroxyl groups excluding tert-OH is 1. The fourth-order valence-corrected chi connectivity index (χ4v) is 6.42. The van der Waals surface area contributed by atoms with Gasteiger partial charge in [-0.3, -0.25) is 9.59 Å². The first kappa shape index (κ1) is 54.1. The molecule has 57 heavy (non-hydrogen) atoms. The second-order valence-electron chi connectivity index (χ2n) is 15.5. The van der Waals surface area contributed by atoms with E-state index in [1.54, 1.807) is 0 Å². The summed E-state index contributed by atoms with van der Waals surface area (Å²) in [5.74, 6) is -0.612. The summed E-state index contributed by atoms with van der Waals surface area (Å²) in [5.41, 5.74) is 0. The van der Waals surface area contributed by atoms with Gasteiger partial charge in [0.05, 0.1) is 6.61 Å². The van der Waals surface area contributed by atoms with E-state index in [4.69, 9.17) is 9.47 Å². The van der Waals surface area contributed by atoms with Crippen molar-refractivity contribution in [2.45, 2.75) is 219 Å². The predicted molar refractivity (Wildman–Crippen MR) is 246 cm³/mol. The van der Waals surface area contributed by atoms with Gasteiger partial charge in [0, 0.05) is 12.8 Å². The van der Waals surface area contributed by atoms with E-state index >= 15 is 0 Å². The number of rotatable bonds is 42. The van der Waals surface area contributed by atoms with Gasteiger partial charge in [-0.25, -0.2) is 0 Å². The number of unbranched alkanes of at least 4 members (excludes halogenated alkanes) is 20. The Labute approximate surface area is 352 Å². The first-order valence-corrected chi connectivity index (χ1v) is 23.6. The molecule has 0 bridgehead atoms. The van der Waals surface area contributed by atoms with Crippen LogP contribution in [0.15, 0.2) is 85.1 Å². The lowest BCUT2D eigenvalue weighted by atomic mass is 10.0. The molecule has 0 rings (SSSR count). The maximum Gasteiger partial charge on any atom is 0.306 e. The Morgan fingerprint density at radius 1 is 0.421 bits per heavy atom. The third-order valence-corrected chi connectivity index (χ3v) is 9.95. The SMILES string of the molecule is CC/C=C\C/C=C\C/C=C\C/C=C\C/C=C\C/C=C\C/C=C\CCCCCCCC(=O)OC(CO)COC(=O)CCCCCCCCCCCCCCCCCC. The molecule has 0 fully saturated rings. The molecular formula is C52H88O5. The molecule has 1 N–H and O–H groups in total. The van der Waals surface area contributed by atoms with Crippen molar-refractivity contribution < 1.29 is 24.2 Å². The lowest BCUT2D eigenvalue weighted by molar-refractivity contribution is -0.161. The molecule has 1 unspecified atom stereocenters. The molecule has 326 valence electrons. The minimum atomic E-state index is -0.785. The highest BCUT2D eigenvalue weighted by molar-refractivity contribution is 5.70. The molecule has 1 atom stereocenters. The summed E-state index contributed by atoms with van der Waals surface area (Å²) in [6, 6.07) is 0. The number of esters is 2.